The number of hydrogen-bond acceptors (Lipinski definition) is 8. The number of nitrogens with two attached hydrogens (primary N) is 1. The largest absolute Gasteiger partial charge is 0.495 e. The molecule has 1 unspecified atom stereocenters. The van der Waals surface area contributed by atoms with Crippen LogP contribution < -0.4 is 25.2 Å². The minimum absolute atomic E-state index is 0.0772. The van der Waals surface area contributed by atoms with E-state index in [0.717, 1.165) is 38.0 Å². The van der Waals surface area contributed by atoms with E-state index in [0.29, 0.717) is 50.6 Å². The summed E-state index contributed by atoms with van der Waals surface area (Å²) in [4.78, 5) is 19.7. The number of hydrogen-bond donors (Lipinski definition) is 3. The van der Waals surface area contributed by atoms with Crippen molar-refractivity contribution >= 4 is 75.2 Å². The average molecular weight is 703 g/mol. The number of piperazine rings is 1. The maximum atomic E-state index is 10.5. The molecule has 0 bridgehead atoms. The van der Waals surface area contributed by atoms with E-state index in [-0.39, 0.29) is 5.84 Å². The van der Waals surface area contributed by atoms with Crippen molar-refractivity contribution in [2.75, 3.05) is 57.4 Å². The highest BCUT2D eigenvalue weighted by Crippen LogP contribution is 2.45. The molecular formula is C26H30Cl2IN6O3P. The van der Waals surface area contributed by atoms with Crippen molar-refractivity contribution in [3.05, 3.63) is 63.6 Å². The second-order valence-corrected chi connectivity index (χ2v) is 11.3. The lowest BCUT2D eigenvalue weighted by Crippen LogP contribution is -2.44. The zero-order valence-corrected chi connectivity index (χ0v) is 26.4. The molecule has 1 fully saturated rings. The van der Waals surface area contributed by atoms with Gasteiger partial charge in [-0.2, -0.15) is 0 Å². The number of methoxy groups -OCH3 is 2. The third kappa shape index (κ3) is 7.85. The maximum absolute atomic E-state index is 10.5. The van der Waals surface area contributed by atoms with Gasteiger partial charge in [-0.25, -0.2) is 4.98 Å². The Morgan fingerprint density at radius 2 is 1.67 bits per heavy atom. The normalized spacial score (nSPS) is 13.5. The SMILES string of the molecule is CN1CCN(c2ccc(C=O)cc2)CC1.COc1cc(OC)c(Cl)c(-c2ccc(C(=N)N)c(NPI)n2)c1Cl. The van der Waals surface area contributed by atoms with Crippen molar-refractivity contribution in [2.24, 2.45) is 5.73 Å². The lowest BCUT2D eigenvalue weighted by atomic mass is 10.1. The Labute approximate surface area is 253 Å². The lowest BCUT2D eigenvalue weighted by molar-refractivity contribution is 0.112. The van der Waals surface area contributed by atoms with Crippen LogP contribution in [0.5, 0.6) is 11.5 Å². The number of carbonyl (C=O) groups excluding carboxylic acids is 1. The number of rotatable bonds is 8. The predicted molar refractivity (Wildman–Crippen MR) is 171 cm³/mol. The molecule has 39 heavy (non-hydrogen) atoms. The van der Waals surface area contributed by atoms with E-state index >= 15 is 0 Å². The van der Waals surface area contributed by atoms with E-state index in [4.69, 9.17) is 43.8 Å². The van der Waals surface area contributed by atoms with Crippen LogP contribution in [0.25, 0.3) is 11.3 Å². The Morgan fingerprint density at radius 3 is 2.15 bits per heavy atom. The summed E-state index contributed by atoms with van der Waals surface area (Å²) in [5.41, 5.74) is 9.07. The molecule has 4 rings (SSSR count). The Balaban J connectivity index is 0.000000239. The molecule has 1 aliphatic heterocycles. The second kappa shape index (κ2) is 14.9. The van der Waals surface area contributed by atoms with Gasteiger partial charge in [-0.3, -0.25) is 10.2 Å². The monoisotopic (exact) mass is 702 g/mol. The van der Waals surface area contributed by atoms with E-state index in [1.807, 2.05) is 24.3 Å². The minimum atomic E-state index is -0.0772. The average Bonchev–Trinajstić information content (AvgIpc) is 2.94. The van der Waals surface area contributed by atoms with Gasteiger partial charge in [0, 0.05) is 55.4 Å². The zero-order chi connectivity index (χ0) is 28.5. The van der Waals surface area contributed by atoms with E-state index in [9.17, 15) is 4.79 Å². The molecule has 0 radical (unpaired) electrons. The first kappa shape index (κ1) is 31.2. The number of aldehydes is 1. The molecule has 2 aromatic carbocycles. The van der Waals surface area contributed by atoms with Crippen molar-refractivity contribution in [3.8, 4) is 22.8 Å². The topological polar surface area (TPSA) is 117 Å². The number of ether oxygens (including phenoxy) is 2. The molecule has 0 aliphatic carbocycles. The quantitative estimate of drug-likeness (QED) is 0.0866. The van der Waals surface area contributed by atoms with E-state index in [1.165, 1.54) is 19.9 Å². The Kier molecular flexibility index (Phi) is 11.9. The fourth-order valence-electron chi connectivity index (χ4n) is 3.89. The first-order chi connectivity index (χ1) is 18.7. The predicted octanol–water partition coefficient (Wildman–Crippen LogP) is 5.96. The van der Waals surface area contributed by atoms with Gasteiger partial charge < -0.3 is 30.1 Å². The van der Waals surface area contributed by atoms with Crippen molar-refractivity contribution < 1.29 is 14.3 Å². The van der Waals surface area contributed by atoms with Crippen LogP contribution in [-0.4, -0.2) is 69.5 Å². The van der Waals surface area contributed by atoms with Crippen LogP contribution in [0.2, 0.25) is 10.0 Å². The molecule has 9 nitrogen and oxygen atoms in total. The number of nitrogens with zero attached hydrogens (tertiary/aromatic N) is 3. The number of aromatic nitrogens is 1. The fraction of sp³-hybridized carbons (Fsp3) is 0.269. The summed E-state index contributed by atoms with van der Waals surface area (Å²) in [6.07, 6.45) is 1.24. The van der Waals surface area contributed by atoms with Gasteiger partial charge in [0.15, 0.2) is 0 Å². The minimum Gasteiger partial charge on any atom is -0.495 e. The summed E-state index contributed by atoms with van der Waals surface area (Å²) in [6.45, 7) is 4.35. The van der Waals surface area contributed by atoms with Crippen LogP contribution in [-0.2, 0) is 0 Å². The highest BCUT2D eigenvalue weighted by atomic mass is 127. The number of benzene rings is 2. The molecule has 0 spiro atoms. The lowest BCUT2D eigenvalue weighted by Gasteiger charge is -2.34. The standard InChI is InChI=1S/C14H14Cl2IN4O2P.C12H16N2O/c1-22-8-5-9(23-2)12(16)10(11(8)15)7-4-3-6(13(18)19)14(20-7)21-24-17;1-13-6-8-14(9-7-13)12-4-2-11(10-15)3-5-12/h3-5,24H,1-2H3,(H3,18,19)(H,20,21);2-5,10H,6-9H2,1H3. The van der Waals surface area contributed by atoms with Crippen molar-refractivity contribution in [2.45, 2.75) is 0 Å². The highest BCUT2D eigenvalue weighted by molar-refractivity contribution is 14.2. The van der Waals surface area contributed by atoms with E-state index in [2.05, 4.69) is 49.0 Å². The Hall–Kier alpha value is -2.37. The molecule has 1 aromatic heterocycles. The van der Waals surface area contributed by atoms with E-state index in [1.54, 1.807) is 18.2 Å². The van der Waals surface area contributed by atoms with Gasteiger partial charge in [0.1, 0.15) is 29.4 Å². The molecule has 2 heterocycles. The first-order valence-electron chi connectivity index (χ1n) is 11.8. The van der Waals surface area contributed by atoms with Crippen LogP contribution in [0.3, 0.4) is 0 Å². The molecule has 4 N–H and O–H groups in total. The zero-order valence-electron chi connectivity index (χ0n) is 21.7. The number of halogens is 3. The van der Waals surface area contributed by atoms with Crippen LogP contribution >= 0.6 is 51.6 Å². The van der Waals surface area contributed by atoms with Crippen LogP contribution in [0.4, 0.5) is 11.5 Å². The summed E-state index contributed by atoms with van der Waals surface area (Å²) in [5.74, 6) is 1.26. The molecule has 1 aliphatic rings. The number of pyridine rings is 1. The molecule has 13 heteroatoms. The summed E-state index contributed by atoms with van der Waals surface area (Å²) in [7, 11) is 5.16. The Bertz CT molecular complexity index is 1280. The van der Waals surface area contributed by atoms with Gasteiger partial charge in [0.2, 0.25) is 0 Å². The van der Waals surface area contributed by atoms with Crippen LogP contribution in [0, 0.1) is 5.41 Å². The molecule has 1 saturated heterocycles. The molecule has 0 saturated carbocycles. The molecule has 0 amide bonds. The molecule has 1 atom stereocenters. The van der Waals surface area contributed by atoms with Crippen LogP contribution in [0.1, 0.15) is 15.9 Å². The van der Waals surface area contributed by atoms with Gasteiger partial charge in [-0.05, 0) is 65.5 Å². The number of anilines is 2. The van der Waals surface area contributed by atoms with Crippen molar-refractivity contribution in [1.82, 2.24) is 9.88 Å². The summed E-state index contributed by atoms with van der Waals surface area (Å²) in [5, 5.41) is 11.4. The smallest absolute Gasteiger partial charge is 0.150 e. The van der Waals surface area contributed by atoms with Gasteiger partial charge in [-0.15, -0.1) is 0 Å². The fourth-order valence-corrected chi connectivity index (χ4v) is 5.64. The molecule has 208 valence electrons. The number of amidine groups is 1. The highest BCUT2D eigenvalue weighted by Gasteiger charge is 2.21. The molecular weight excluding hydrogens is 673 g/mol. The summed E-state index contributed by atoms with van der Waals surface area (Å²) in [6, 6.07) is 12.8. The van der Waals surface area contributed by atoms with Crippen molar-refractivity contribution in [1.29, 1.82) is 5.41 Å². The number of nitrogen functional groups attached to an aromatic ring is 1. The van der Waals surface area contributed by atoms with Gasteiger partial charge in [-0.1, -0.05) is 23.2 Å². The van der Waals surface area contributed by atoms with Crippen molar-refractivity contribution in [3.63, 3.8) is 0 Å². The van der Waals surface area contributed by atoms with Gasteiger partial charge in [0.25, 0.3) is 0 Å². The second-order valence-electron chi connectivity index (χ2n) is 8.51. The number of nitrogens with one attached hydrogen (secondary N) is 2. The number of carbonyl (C=O) groups is 1. The first-order valence-corrected chi connectivity index (χ1v) is 16.7. The van der Waals surface area contributed by atoms with Crippen LogP contribution in [0.15, 0.2) is 42.5 Å². The maximum Gasteiger partial charge on any atom is 0.150 e. The Morgan fingerprint density at radius 1 is 1.08 bits per heavy atom. The van der Waals surface area contributed by atoms with Gasteiger partial charge >= 0.3 is 0 Å². The number of likely N-dealkylation sites (N-methyl/N-ethyl adjacent to an activating group) is 1. The summed E-state index contributed by atoms with van der Waals surface area (Å²) < 4.78 is 10.6. The van der Waals surface area contributed by atoms with Gasteiger partial charge in [0.05, 0.1) is 35.5 Å². The third-order valence-corrected chi connectivity index (χ3v) is 7.97. The third-order valence-electron chi connectivity index (χ3n) is 6.08. The molecule has 3 aromatic rings. The van der Waals surface area contributed by atoms with E-state index < -0.39 is 0 Å². The summed E-state index contributed by atoms with van der Waals surface area (Å²) >= 11 is 15.0.